The summed E-state index contributed by atoms with van der Waals surface area (Å²) < 4.78 is 1.89. The fourth-order valence-electron chi connectivity index (χ4n) is 0.884. The second kappa shape index (κ2) is 2.17. The molecule has 0 saturated carbocycles. The minimum absolute atomic E-state index is 0.121. The van der Waals surface area contributed by atoms with Gasteiger partial charge in [0.2, 0.25) is 0 Å². The van der Waals surface area contributed by atoms with E-state index in [1.807, 2.05) is 30.7 Å². The van der Waals surface area contributed by atoms with Crippen molar-refractivity contribution >= 4 is 5.84 Å². The third-order valence-electron chi connectivity index (χ3n) is 1.65. The van der Waals surface area contributed by atoms with Crippen LogP contribution in [-0.4, -0.2) is 10.4 Å². The van der Waals surface area contributed by atoms with Crippen molar-refractivity contribution < 1.29 is 0 Å². The number of nitrogens with two attached hydrogens (primary N) is 1. The van der Waals surface area contributed by atoms with Gasteiger partial charge in [0.1, 0.15) is 5.84 Å². The van der Waals surface area contributed by atoms with Gasteiger partial charge in [0.25, 0.3) is 0 Å². The van der Waals surface area contributed by atoms with E-state index >= 15 is 0 Å². The van der Waals surface area contributed by atoms with Crippen molar-refractivity contribution in [2.45, 2.75) is 6.92 Å². The molecule has 3 N–H and O–H groups in total. The van der Waals surface area contributed by atoms with E-state index in [1.165, 1.54) is 0 Å². The van der Waals surface area contributed by atoms with Crippen molar-refractivity contribution in [1.29, 1.82) is 5.41 Å². The summed E-state index contributed by atoms with van der Waals surface area (Å²) in [6.07, 6.45) is 0. The zero-order chi connectivity index (χ0) is 7.72. The average Bonchev–Trinajstić information content (AvgIpc) is 2.14. The van der Waals surface area contributed by atoms with Crippen molar-refractivity contribution in [3.63, 3.8) is 0 Å². The molecule has 0 fully saturated rings. The predicted octanol–water partition coefficient (Wildman–Crippen LogP) is 0.618. The zero-order valence-electron chi connectivity index (χ0n) is 6.18. The quantitative estimate of drug-likeness (QED) is 0.432. The van der Waals surface area contributed by atoms with Crippen LogP contribution < -0.4 is 5.73 Å². The Morgan fingerprint density at radius 1 is 1.60 bits per heavy atom. The molecular formula is C7H11N3. The number of amidine groups is 1. The first-order valence-electron chi connectivity index (χ1n) is 3.09. The van der Waals surface area contributed by atoms with E-state index in [4.69, 9.17) is 11.1 Å². The summed E-state index contributed by atoms with van der Waals surface area (Å²) in [5, 5.41) is 7.15. The highest BCUT2D eigenvalue weighted by Crippen LogP contribution is 2.03. The molecule has 54 valence electrons. The Balaban J connectivity index is 3.17. The number of hydrogen-bond donors (Lipinski definition) is 2. The SMILES string of the molecule is Cc1ccc(C(=N)N)n1C. The normalized spacial score (nSPS) is 9.80. The Hall–Kier alpha value is -1.25. The van der Waals surface area contributed by atoms with Crippen LogP contribution in [0.2, 0.25) is 0 Å². The third-order valence-corrected chi connectivity index (χ3v) is 1.65. The number of aryl methyl sites for hydroxylation is 1. The molecule has 0 aliphatic carbocycles. The van der Waals surface area contributed by atoms with Gasteiger partial charge in [0.05, 0.1) is 5.69 Å². The van der Waals surface area contributed by atoms with E-state index in [0.29, 0.717) is 0 Å². The van der Waals surface area contributed by atoms with Crippen molar-refractivity contribution in [3.05, 3.63) is 23.5 Å². The van der Waals surface area contributed by atoms with Crippen LogP contribution in [-0.2, 0) is 7.05 Å². The largest absolute Gasteiger partial charge is 0.382 e. The van der Waals surface area contributed by atoms with Gasteiger partial charge >= 0.3 is 0 Å². The fourth-order valence-corrected chi connectivity index (χ4v) is 0.884. The number of nitrogens with one attached hydrogen (secondary N) is 1. The van der Waals surface area contributed by atoms with Crippen LogP contribution in [0, 0.1) is 12.3 Å². The molecule has 0 aromatic carbocycles. The average molecular weight is 137 g/mol. The molecule has 0 unspecified atom stereocenters. The summed E-state index contributed by atoms with van der Waals surface area (Å²) in [7, 11) is 1.89. The van der Waals surface area contributed by atoms with E-state index < -0.39 is 0 Å². The second-order valence-corrected chi connectivity index (χ2v) is 2.33. The van der Waals surface area contributed by atoms with Gasteiger partial charge in [-0.2, -0.15) is 0 Å². The van der Waals surface area contributed by atoms with Crippen LogP contribution in [0.1, 0.15) is 11.4 Å². The van der Waals surface area contributed by atoms with Crippen LogP contribution in [0.25, 0.3) is 0 Å². The first kappa shape index (κ1) is 6.86. The van der Waals surface area contributed by atoms with E-state index in [2.05, 4.69) is 0 Å². The molecule has 0 atom stereocenters. The van der Waals surface area contributed by atoms with Crippen LogP contribution >= 0.6 is 0 Å². The highest BCUT2D eigenvalue weighted by Gasteiger charge is 2.01. The molecule has 0 spiro atoms. The monoisotopic (exact) mass is 137 g/mol. The lowest BCUT2D eigenvalue weighted by Crippen LogP contribution is -2.15. The van der Waals surface area contributed by atoms with E-state index in [9.17, 15) is 0 Å². The summed E-state index contributed by atoms with van der Waals surface area (Å²) >= 11 is 0. The van der Waals surface area contributed by atoms with E-state index in [0.717, 1.165) is 11.4 Å². The smallest absolute Gasteiger partial charge is 0.139 e. The Morgan fingerprint density at radius 3 is 2.40 bits per heavy atom. The maximum absolute atomic E-state index is 7.15. The maximum atomic E-state index is 7.15. The second-order valence-electron chi connectivity index (χ2n) is 2.33. The summed E-state index contributed by atoms with van der Waals surface area (Å²) in [6, 6.07) is 3.79. The van der Waals surface area contributed by atoms with Crippen molar-refractivity contribution in [1.82, 2.24) is 4.57 Å². The van der Waals surface area contributed by atoms with Crippen LogP contribution in [0.4, 0.5) is 0 Å². The van der Waals surface area contributed by atoms with Gasteiger partial charge in [-0.1, -0.05) is 0 Å². The minimum atomic E-state index is 0.121. The van der Waals surface area contributed by atoms with Gasteiger partial charge in [-0.25, -0.2) is 0 Å². The standard InChI is InChI=1S/C7H11N3/c1-5-3-4-6(7(8)9)10(5)2/h3-4H,1-2H3,(H3,8,9). The van der Waals surface area contributed by atoms with Gasteiger partial charge in [-0.05, 0) is 19.1 Å². The third kappa shape index (κ3) is 0.900. The Labute approximate surface area is 60.0 Å². The lowest BCUT2D eigenvalue weighted by atomic mass is 10.4. The van der Waals surface area contributed by atoms with E-state index in [1.54, 1.807) is 0 Å². The van der Waals surface area contributed by atoms with Crippen LogP contribution in [0.15, 0.2) is 12.1 Å². The number of nitrogens with zero attached hydrogens (tertiary/aromatic N) is 1. The van der Waals surface area contributed by atoms with Crippen molar-refractivity contribution in [2.24, 2.45) is 12.8 Å². The molecule has 10 heavy (non-hydrogen) atoms. The molecule has 1 heterocycles. The lowest BCUT2D eigenvalue weighted by molar-refractivity contribution is 0.868. The molecule has 3 nitrogen and oxygen atoms in total. The lowest BCUT2D eigenvalue weighted by Gasteiger charge is -2.01. The molecule has 1 aromatic rings. The Morgan fingerprint density at radius 2 is 2.20 bits per heavy atom. The molecule has 0 aliphatic rings. The first-order valence-corrected chi connectivity index (χ1v) is 3.09. The Bertz CT molecular complexity index is 260. The van der Waals surface area contributed by atoms with Crippen LogP contribution in [0.5, 0.6) is 0 Å². The maximum Gasteiger partial charge on any atom is 0.139 e. The van der Waals surface area contributed by atoms with E-state index in [-0.39, 0.29) is 5.84 Å². The van der Waals surface area contributed by atoms with Crippen molar-refractivity contribution in [2.75, 3.05) is 0 Å². The molecule has 1 rings (SSSR count). The number of hydrogen-bond acceptors (Lipinski definition) is 1. The highest BCUT2D eigenvalue weighted by molar-refractivity contribution is 5.93. The summed E-state index contributed by atoms with van der Waals surface area (Å²) in [6.45, 7) is 1.98. The Kier molecular flexibility index (Phi) is 1.49. The minimum Gasteiger partial charge on any atom is -0.382 e. The highest BCUT2D eigenvalue weighted by atomic mass is 15.0. The van der Waals surface area contributed by atoms with Crippen LogP contribution in [0.3, 0.4) is 0 Å². The van der Waals surface area contributed by atoms with Gasteiger partial charge in [-0.3, -0.25) is 5.41 Å². The molecule has 0 saturated heterocycles. The molecular weight excluding hydrogens is 126 g/mol. The molecule has 3 heteroatoms. The summed E-state index contributed by atoms with van der Waals surface area (Å²) in [5.74, 6) is 0.121. The molecule has 0 bridgehead atoms. The summed E-state index contributed by atoms with van der Waals surface area (Å²) in [5.41, 5.74) is 7.18. The number of aromatic nitrogens is 1. The number of nitrogen functional groups attached to an aromatic ring is 1. The summed E-state index contributed by atoms with van der Waals surface area (Å²) in [4.78, 5) is 0. The van der Waals surface area contributed by atoms with Gasteiger partial charge in [0.15, 0.2) is 0 Å². The fraction of sp³-hybridized carbons (Fsp3) is 0.286. The first-order chi connectivity index (χ1) is 4.63. The molecule has 0 radical (unpaired) electrons. The van der Waals surface area contributed by atoms with Crippen molar-refractivity contribution in [3.8, 4) is 0 Å². The molecule has 0 aliphatic heterocycles. The van der Waals surface area contributed by atoms with Gasteiger partial charge < -0.3 is 10.3 Å². The topological polar surface area (TPSA) is 54.8 Å². The van der Waals surface area contributed by atoms with Gasteiger partial charge in [-0.15, -0.1) is 0 Å². The zero-order valence-corrected chi connectivity index (χ0v) is 6.18. The van der Waals surface area contributed by atoms with Gasteiger partial charge in [0, 0.05) is 12.7 Å². The molecule has 0 amide bonds. The predicted molar refractivity (Wildman–Crippen MR) is 41.2 cm³/mol. The number of rotatable bonds is 1. The molecule has 1 aromatic heterocycles.